The van der Waals surface area contributed by atoms with Crippen LogP contribution in [-0.4, -0.2) is 35.6 Å². The summed E-state index contributed by atoms with van der Waals surface area (Å²) < 4.78 is 4.87. The van der Waals surface area contributed by atoms with E-state index in [2.05, 4.69) is 5.32 Å². The molecule has 0 aliphatic rings. The molecule has 1 amide bonds. The zero-order valence-corrected chi connectivity index (χ0v) is 11.7. The van der Waals surface area contributed by atoms with E-state index in [4.69, 9.17) is 9.84 Å². The van der Waals surface area contributed by atoms with E-state index in [-0.39, 0.29) is 23.5 Å². The number of amides is 1. The minimum absolute atomic E-state index is 0.00782. The molecule has 1 aromatic carbocycles. The van der Waals surface area contributed by atoms with E-state index in [0.29, 0.717) is 6.42 Å². The van der Waals surface area contributed by atoms with Crippen LogP contribution in [0.4, 0.5) is 5.69 Å². The average Bonchev–Trinajstić information content (AvgIpc) is 2.45. The minimum Gasteiger partial charge on any atom is -0.490 e. The van der Waals surface area contributed by atoms with E-state index in [1.54, 1.807) is 6.92 Å². The summed E-state index contributed by atoms with van der Waals surface area (Å²) in [5.74, 6) is -1.94. The Morgan fingerprint density at radius 3 is 2.67 bits per heavy atom. The lowest BCUT2D eigenvalue weighted by Crippen LogP contribution is -2.27. The van der Waals surface area contributed by atoms with E-state index in [1.807, 2.05) is 0 Å². The number of nitrogens with zero attached hydrogens (tertiary/aromatic N) is 1. The van der Waals surface area contributed by atoms with Crippen molar-refractivity contribution >= 4 is 17.6 Å². The molecule has 1 aromatic rings. The van der Waals surface area contributed by atoms with Crippen LogP contribution in [0.25, 0.3) is 0 Å². The molecular formula is C13H16N2O6. The third-order valence-electron chi connectivity index (χ3n) is 2.92. The lowest BCUT2D eigenvalue weighted by atomic mass is 10.1. The number of carbonyl (C=O) groups excluding carboxylic acids is 1. The van der Waals surface area contributed by atoms with Gasteiger partial charge in [0.1, 0.15) is 0 Å². The number of benzene rings is 1. The Balaban J connectivity index is 2.71. The zero-order chi connectivity index (χ0) is 16.0. The summed E-state index contributed by atoms with van der Waals surface area (Å²) in [5, 5.41) is 22.0. The summed E-state index contributed by atoms with van der Waals surface area (Å²) in [5.41, 5.74) is -0.0195. The highest BCUT2D eigenvalue weighted by Gasteiger charge is 2.17. The average molecular weight is 296 g/mol. The number of aliphatic carboxylic acids is 1. The molecular weight excluding hydrogens is 280 g/mol. The number of carboxylic acid groups (broad SMARTS) is 1. The van der Waals surface area contributed by atoms with Crippen LogP contribution in [0.5, 0.6) is 5.75 Å². The molecule has 0 fully saturated rings. The Morgan fingerprint density at radius 1 is 1.48 bits per heavy atom. The van der Waals surface area contributed by atoms with Gasteiger partial charge in [-0.3, -0.25) is 19.7 Å². The van der Waals surface area contributed by atoms with Crippen molar-refractivity contribution in [3.05, 3.63) is 33.9 Å². The standard InChI is InChI=1S/C13H16N2O6/c1-8(13(17)18)5-6-14-12(16)9-3-4-10(15(19)20)11(7-9)21-2/h3-4,7-8H,5-6H2,1-2H3,(H,14,16)(H,17,18). The lowest BCUT2D eigenvalue weighted by Gasteiger charge is -2.09. The first kappa shape index (κ1) is 16.4. The number of methoxy groups -OCH3 is 1. The molecule has 0 aromatic heterocycles. The van der Waals surface area contributed by atoms with Crippen molar-refractivity contribution in [1.29, 1.82) is 0 Å². The molecule has 0 saturated heterocycles. The highest BCUT2D eigenvalue weighted by atomic mass is 16.6. The second-order valence-electron chi connectivity index (χ2n) is 4.43. The molecule has 0 aliphatic heterocycles. The van der Waals surface area contributed by atoms with E-state index in [9.17, 15) is 19.7 Å². The van der Waals surface area contributed by atoms with Gasteiger partial charge in [-0.05, 0) is 12.5 Å². The Bertz CT molecular complexity index is 558. The quantitative estimate of drug-likeness (QED) is 0.580. The van der Waals surface area contributed by atoms with Crippen molar-refractivity contribution in [3.8, 4) is 5.75 Å². The summed E-state index contributed by atoms with van der Waals surface area (Å²) in [6.45, 7) is 1.75. The van der Waals surface area contributed by atoms with Crippen LogP contribution in [0.2, 0.25) is 0 Å². The van der Waals surface area contributed by atoms with Gasteiger partial charge in [-0.15, -0.1) is 0 Å². The highest BCUT2D eigenvalue weighted by molar-refractivity contribution is 5.95. The van der Waals surface area contributed by atoms with Crippen molar-refractivity contribution in [1.82, 2.24) is 5.32 Å². The summed E-state index contributed by atoms with van der Waals surface area (Å²) in [7, 11) is 1.28. The number of nitro groups is 1. The number of nitro benzene ring substituents is 1. The van der Waals surface area contributed by atoms with Gasteiger partial charge in [-0.25, -0.2) is 0 Å². The first-order valence-corrected chi connectivity index (χ1v) is 6.20. The van der Waals surface area contributed by atoms with E-state index in [0.717, 1.165) is 0 Å². The van der Waals surface area contributed by atoms with Gasteiger partial charge in [-0.1, -0.05) is 6.92 Å². The molecule has 8 heteroatoms. The molecule has 0 saturated carbocycles. The van der Waals surface area contributed by atoms with Gasteiger partial charge in [0, 0.05) is 24.2 Å². The van der Waals surface area contributed by atoms with Gasteiger partial charge >= 0.3 is 11.7 Å². The third kappa shape index (κ3) is 4.44. The first-order valence-electron chi connectivity index (χ1n) is 6.20. The molecule has 1 atom stereocenters. The van der Waals surface area contributed by atoms with Gasteiger partial charge in [0.25, 0.3) is 5.91 Å². The van der Waals surface area contributed by atoms with Crippen LogP contribution in [0.1, 0.15) is 23.7 Å². The highest BCUT2D eigenvalue weighted by Crippen LogP contribution is 2.27. The van der Waals surface area contributed by atoms with Crippen LogP contribution in [0.15, 0.2) is 18.2 Å². The molecule has 1 rings (SSSR count). The van der Waals surface area contributed by atoms with Crippen LogP contribution < -0.4 is 10.1 Å². The maximum Gasteiger partial charge on any atom is 0.310 e. The van der Waals surface area contributed by atoms with Crippen molar-refractivity contribution in [2.75, 3.05) is 13.7 Å². The lowest BCUT2D eigenvalue weighted by molar-refractivity contribution is -0.385. The Morgan fingerprint density at radius 2 is 2.14 bits per heavy atom. The van der Waals surface area contributed by atoms with Gasteiger partial charge in [0.15, 0.2) is 5.75 Å². The first-order chi connectivity index (χ1) is 9.86. The predicted molar refractivity (Wildman–Crippen MR) is 73.4 cm³/mol. The molecule has 0 spiro atoms. The summed E-state index contributed by atoms with van der Waals surface area (Å²) in [6.07, 6.45) is 0.297. The zero-order valence-electron chi connectivity index (χ0n) is 11.7. The minimum atomic E-state index is -0.929. The van der Waals surface area contributed by atoms with Crippen LogP contribution in [-0.2, 0) is 4.79 Å². The number of carboxylic acids is 1. The number of carbonyl (C=O) groups is 2. The largest absolute Gasteiger partial charge is 0.490 e. The number of nitrogens with one attached hydrogen (secondary N) is 1. The Hall–Kier alpha value is -2.64. The molecule has 8 nitrogen and oxygen atoms in total. The molecule has 21 heavy (non-hydrogen) atoms. The van der Waals surface area contributed by atoms with Gasteiger partial charge in [0.05, 0.1) is 18.0 Å². The summed E-state index contributed by atoms with van der Waals surface area (Å²) in [4.78, 5) is 32.6. The Kier molecular flexibility index (Phi) is 5.65. The molecule has 1 unspecified atom stereocenters. The van der Waals surface area contributed by atoms with Crippen molar-refractivity contribution in [2.45, 2.75) is 13.3 Å². The number of hydrogen-bond acceptors (Lipinski definition) is 5. The third-order valence-corrected chi connectivity index (χ3v) is 2.92. The van der Waals surface area contributed by atoms with Crippen LogP contribution in [0, 0.1) is 16.0 Å². The van der Waals surface area contributed by atoms with Crippen molar-refractivity contribution in [3.63, 3.8) is 0 Å². The second kappa shape index (κ2) is 7.22. The Labute approximate surface area is 120 Å². The molecule has 0 heterocycles. The van der Waals surface area contributed by atoms with E-state index < -0.39 is 22.7 Å². The number of hydrogen-bond donors (Lipinski definition) is 2. The summed E-state index contributed by atoms with van der Waals surface area (Å²) in [6, 6.07) is 3.78. The fourth-order valence-corrected chi connectivity index (χ4v) is 1.60. The van der Waals surface area contributed by atoms with Crippen LogP contribution >= 0.6 is 0 Å². The number of ether oxygens (including phenoxy) is 1. The van der Waals surface area contributed by atoms with Gasteiger partial charge < -0.3 is 15.2 Å². The molecule has 0 bridgehead atoms. The fraction of sp³-hybridized carbons (Fsp3) is 0.385. The monoisotopic (exact) mass is 296 g/mol. The van der Waals surface area contributed by atoms with Crippen LogP contribution in [0.3, 0.4) is 0 Å². The van der Waals surface area contributed by atoms with Gasteiger partial charge in [0.2, 0.25) is 0 Å². The maximum absolute atomic E-state index is 11.9. The molecule has 114 valence electrons. The molecule has 0 aliphatic carbocycles. The topological polar surface area (TPSA) is 119 Å². The maximum atomic E-state index is 11.9. The molecule has 2 N–H and O–H groups in total. The smallest absolute Gasteiger partial charge is 0.310 e. The van der Waals surface area contributed by atoms with Gasteiger partial charge in [-0.2, -0.15) is 0 Å². The number of rotatable bonds is 7. The van der Waals surface area contributed by atoms with Crippen molar-refractivity contribution < 1.29 is 24.4 Å². The van der Waals surface area contributed by atoms with Crippen molar-refractivity contribution in [2.24, 2.45) is 5.92 Å². The van der Waals surface area contributed by atoms with E-state index in [1.165, 1.54) is 25.3 Å². The fourth-order valence-electron chi connectivity index (χ4n) is 1.60. The van der Waals surface area contributed by atoms with E-state index >= 15 is 0 Å². The SMILES string of the molecule is COc1cc(C(=O)NCCC(C)C(=O)O)ccc1[N+](=O)[O-]. The predicted octanol–water partition coefficient (Wildman–Crippen LogP) is 1.44. The molecule has 0 radical (unpaired) electrons. The summed E-state index contributed by atoms with van der Waals surface area (Å²) >= 11 is 0. The normalized spacial score (nSPS) is 11.5. The second-order valence-corrected chi connectivity index (χ2v) is 4.43.